The van der Waals surface area contributed by atoms with Crippen molar-refractivity contribution in [2.24, 2.45) is 0 Å². The molecular formula is C10H20N2O2. The summed E-state index contributed by atoms with van der Waals surface area (Å²) < 4.78 is 5.20. The largest absolute Gasteiger partial charge is 0.386 e. The van der Waals surface area contributed by atoms with Crippen molar-refractivity contribution in [2.75, 3.05) is 32.8 Å². The van der Waals surface area contributed by atoms with Gasteiger partial charge in [0.05, 0.1) is 6.61 Å². The van der Waals surface area contributed by atoms with Crippen LogP contribution in [0.5, 0.6) is 0 Å². The van der Waals surface area contributed by atoms with Crippen molar-refractivity contribution >= 4 is 0 Å². The van der Waals surface area contributed by atoms with Crippen LogP contribution in [0.2, 0.25) is 0 Å². The number of nitrogens with one attached hydrogen (secondary N) is 2. The van der Waals surface area contributed by atoms with Gasteiger partial charge in [0.15, 0.2) is 0 Å². The fourth-order valence-electron chi connectivity index (χ4n) is 2.10. The smallest absolute Gasteiger partial charge is 0.102 e. The summed E-state index contributed by atoms with van der Waals surface area (Å²) in [4.78, 5) is 0. The van der Waals surface area contributed by atoms with Crippen molar-refractivity contribution < 1.29 is 9.84 Å². The monoisotopic (exact) mass is 200 g/mol. The van der Waals surface area contributed by atoms with Gasteiger partial charge in [0.2, 0.25) is 0 Å². The highest BCUT2D eigenvalue weighted by molar-refractivity contribution is 4.87. The van der Waals surface area contributed by atoms with Gasteiger partial charge in [-0.05, 0) is 25.9 Å². The van der Waals surface area contributed by atoms with Gasteiger partial charge in [-0.3, -0.25) is 0 Å². The Morgan fingerprint density at radius 2 is 2.21 bits per heavy atom. The molecule has 0 spiro atoms. The molecule has 1 atom stereocenters. The minimum atomic E-state index is -0.606. The molecular weight excluding hydrogens is 180 g/mol. The van der Waals surface area contributed by atoms with Crippen molar-refractivity contribution in [3.63, 3.8) is 0 Å². The molecule has 0 amide bonds. The van der Waals surface area contributed by atoms with Crippen molar-refractivity contribution in [1.82, 2.24) is 10.6 Å². The third kappa shape index (κ3) is 2.67. The molecule has 14 heavy (non-hydrogen) atoms. The maximum atomic E-state index is 10.0. The van der Waals surface area contributed by atoms with E-state index in [1.807, 2.05) is 0 Å². The van der Waals surface area contributed by atoms with E-state index in [1.54, 1.807) is 0 Å². The zero-order valence-corrected chi connectivity index (χ0v) is 8.59. The molecule has 82 valence electrons. The highest BCUT2D eigenvalue weighted by Gasteiger charge is 2.32. The zero-order valence-electron chi connectivity index (χ0n) is 8.59. The highest BCUT2D eigenvalue weighted by atomic mass is 16.5. The van der Waals surface area contributed by atoms with Gasteiger partial charge in [0.25, 0.3) is 0 Å². The summed E-state index contributed by atoms with van der Waals surface area (Å²) in [5, 5.41) is 16.8. The minimum absolute atomic E-state index is 0.491. The molecule has 3 N–H and O–H groups in total. The summed E-state index contributed by atoms with van der Waals surface area (Å²) in [5.41, 5.74) is -0.606. The summed E-state index contributed by atoms with van der Waals surface area (Å²) >= 11 is 0. The second kappa shape index (κ2) is 4.57. The van der Waals surface area contributed by atoms with Crippen LogP contribution >= 0.6 is 0 Å². The molecule has 4 nitrogen and oxygen atoms in total. The fraction of sp³-hybridized carbons (Fsp3) is 1.00. The molecule has 0 saturated carbocycles. The summed E-state index contributed by atoms with van der Waals surface area (Å²) in [7, 11) is 0. The van der Waals surface area contributed by atoms with E-state index in [4.69, 9.17) is 4.74 Å². The van der Waals surface area contributed by atoms with E-state index in [0.29, 0.717) is 25.8 Å². The molecule has 0 aromatic heterocycles. The van der Waals surface area contributed by atoms with Crippen LogP contribution in [0.25, 0.3) is 0 Å². The first-order valence-electron chi connectivity index (χ1n) is 5.53. The number of hydrogen-bond donors (Lipinski definition) is 3. The topological polar surface area (TPSA) is 53.5 Å². The molecule has 2 heterocycles. The average molecular weight is 200 g/mol. The van der Waals surface area contributed by atoms with Crippen molar-refractivity contribution in [2.45, 2.75) is 30.9 Å². The molecule has 2 fully saturated rings. The standard InChI is InChI=1S/C10H20N2O2/c13-10(3-6-14-8-10)7-12-9-1-4-11-5-2-9/h9,11-13H,1-8H2. The lowest BCUT2D eigenvalue weighted by molar-refractivity contribution is 0.0240. The van der Waals surface area contributed by atoms with Gasteiger partial charge in [-0.1, -0.05) is 0 Å². The van der Waals surface area contributed by atoms with Gasteiger partial charge in [0, 0.05) is 25.6 Å². The second-order valence-corrected chi connectivity index (χ2v) is 4.43. The number of rotatable bonds is 3. The Hall–Kier alpha value is -0.160. The molecule has 0 aromatic rings. The van der Waals surface area contributed by atoms with Gasteiger partial charge in [-0.2, -0.15) is 0 Å². The van der Waals surface area contributed by atoms with Crippen molar-refractivity contribution in [1.29, 1.82) is 0 Å². The lowest BCUT2D eigenvalue weighted by Gasteiger charge is -2.28. The Morgan fingerprint density at radius 1 is 1.43 bits per heavy atom. The number of piperidine rings is 1. The van der Waals surface area contributed by atoms with Gasteiger partial charge >= 0.3 is 0 Å². The van der Waals surface area contributed by atoms with E-state index in [0.717, 1.165) is 32.4 Å². The van der Waals surface area contributed by atoms with Gasteiger partial charge in [0.1, 0.15) is 5.60 Å². The second-order valence-electron chi connectivity index (χ2n) is 4.43. The van der Waals surface area contributed by atoms with Crippen molar-refractivity contribution in [3.8, 4) is 0 Å². The van der Waals surface area contributed by atoms with Gasteiger partial charge in [-0.25, -0.2) is 0 Å². The van der Waals surface area contributed by atoms with Crippen LogP contribution in [0.3, 0.4) is 0 Å². The van der Waals surface area contributed by atoms with E-state index in [2.05, 4.69) is 10.6 Å². The molecule has 0 aliphatic carbocycles. The lowest BCUT2D eigenvalue weighted by Crippen LogP contribution is -2.48. The Balaban J connectivity index is 1.70. The predicted molar refractivity (Wildman–Crippen MR) is 54.3 cm³/mol. The number of aliphatic hydroxyl groups is 1. The first-order valence-corrected chi connectivity index (χ1v) is 5.53. The fourth-order valence-corrected chi connectivity index (χ4v) is 2.10. The van der Waals surface area contributed by atoms with E-state index in [1.165, 1.54) is 0 Å². The predicted octanol–water partition coefficient (Wildman–Crippen LogP) is -0.521. The Labute approximate surface area is 85.0 Å². The number of hydrogen-bond acceptors (Lipinski definition) is 4. The summed E-state index contributed by atoms with van der Waals surface area (Å²) in [6.07, 6.45) is 3.10. The third-order valence-electron chi connectivity index (χ3n) is 3.14. The maximum absolute atomic E-state index is 10.0. The molecule has 2 aliphatic rings. The molecule has 2 rings (SSSR count). The van der Waals surface area contributed by atoms with Crippen LogP contribution < -0.4 is 10.6 Å². The normalized spacial score (nSPS) is 34.9. The molecule has 1 unspecified atom stereocenters. The SMILES string of the molecule is OC1(CNC2CCNCC2)CCOC1. The van der Waals surface area contributed by atoms with Crippen LogP contribution in [0.15, 0.2) is 0 Å². The Kier molecular flexibility index (Phi) is 3.38. The molecule has 0 bridgehead atoms. The molecule has 0 aromatic carbocycles. The van der Waals surface area contributed by atoms with E-state index in [9.17, 15) is 5.11 Å². The lowest BCUT2D eigenvalue weighted by atomic mass is 10.0. The maximum Gasteiger partial charge on any atom is 0.102 e. The van der Waals surface area contributed by atoms with E-state index in [-0.39, 0.29) is 0 Å². The van der Waals surface area contributed by atoms with Gasteiger partial charge in [-0.15, -0.1) is 0 Å². The average Bonchev–Trinajstić information content (AvgIpc) is 2.65. The van der Waals surface area contributed by atoms with E-state index >= 15 is 0 Å². The molecule has 4 heteroatoms. The van der Waals surface area contributed by atoms with Crippen LogP contribution in [-0.4, -0.2) is 49.6 Å². The summed E-state index contributed by atoms with van der Waals surface area (Å²) in [6, 6.07) is 0.570. The van der Waals surface area contributed by atoms with Crippen LogP contribution in [-0.2, 0) is 4.74 Å². The van der Waals surface area contributed by atoms with Crippen molar-refractivity contribution in [3.05, 3.63) is 0 Å². The quantitative estimate of drug-likeness (QED) is 0.574. The van der Waals surface area contributed by atoms with Crippen LogP contribution in [0, 0.1) is 0 Å². The summed E-state index contributed by atoms with van der Waals surface area (Å²) in [5.74, 6) is 0. The first kappa shape index (κ1) is 10.4. The van der Waals surface area contributed by atoms with E-state index < -0.39 is 5.60 Å². The molecule has 2 saturated heterocycles. The van der Waals surface area contributed by atoms with Crippen LogP contribution in [0.4, 0.5) is 0 Å². The highest BCUT2D eigenvalue weighted by Crippen LogP contribution is 2.17. The first-order chi connectivity index (χ1) is 6.79. The Bertz CT molecular complexity index is 175. The van der Waals surface area contributed by atoms with Crippen LogP contribution in [0.1, 0.15) is 19.3 Å². The molecule has 0 radical (unpaired) electrons. The zero-order chi connectivity index (χ0) is 9.86. The number of ether oxygens (including phenoxy) is 1. The Morgan fingerprint density at radius 3 is 2.86 bits per heavy atom. The molecule has 2 aliphatic heterocycles. The third-order valence-corrected chi connectivity index (χ3v) is 3.14. The minimum Gasteiger partial charge on any atom is -0.386 e. The summed E-state index contributed by atoms with van der Waals surface area (Å²) in [6.45, 7) is 4.05. The van der Waals surface area contributed by atoms with Gasteiger partial charge < -0.3 is 20.5 Å².